The summed E-state index contributed by atoms with van der Waals surface area (Å²) in [5.41, 5.74) is 7.17. The van der Waals surface area contributed by atoms with Crippen LogP contribution in [-0.4, -0.2) is 32.1 Å². The summed E-state index contributed by atoms with van der Waals surface area (Å²) in [6, 6.07) is 13.1. The fourth-order valence-corrected chi connectivity index (χ4v) is 3.41. The Labute approximate surface area is 120 Å². The third-order valence-electron chi connectivity index (χ3n) is 4.45. The van der Waals surface area contributed by atoms with Crippen molar-refractivity contribution in [2.24, 2.45) is 11.7 Å². The maximum absolute atomic E-state index is 5.86. The number of methoxy groups -OCH3 is 1. The molecule has 0 aromatic heterocycles. The van der Waals surface area contributed by atoms with Crippen LogP contribution in [0.4, 0.5) is 0 Å². The first-order valence-electron chi connectivity index (χ1n) is 7.20. The number of ether oxygens (including phenoxy) is 1. The van der Waals surface area contributed by atoms with Gasteiger partial charge in [-0.15, -0.1) is 0 Å². The fraction of sp³-hybridized carbons (Fsp3) is 0.412. The highest BCUT2D eigenvalue weighted by Gasteiger charge is 2.32. The van der Waals surface area contributed by atoms with Crippen molar-refractivity contribution in [2.45, 2.75) is 12.5 Å². The number of hydrogen-bond donors (Lipinski definition) is 1. The van der Waals surface area contributed by atoms with Crippen molar-refractivity contribution in [2.75, 3.05) is 27.2 Å². The van der Waals surface area contributed by atoms with E-state index in [1.165, 1.54) is 16.3 Å². The van der Waals surface area contributed by atoms with Crippen LogP contribution in [-0.2, 0) is 0 Å². The molecule has 0 aliphatic carbocycles. The zero-order valence-corrected chi connectivity index (χ0v) is 12.2. The van der Waals surface area contributed by atoms with E-state index in [1.54, 1.807) is 7.11 Å². The van der Waals surface area contributed by atoms with Gasteiger partial charge < -0.3 is 10.5 Å². The molecule has 2 unspecified atom stereocenters. The minimum atomic E-state index is 0.393. The fourth-order valence-electron chi connectivity index (χ4n) is 3.41. The van der Waals surface area contributed by atoms with E-state index < -0.39 is 0 Å². The van der Waals surface area contributed by atoms with Crippen molar-refractivity contribution in [3.63, 3.8) is 0 Å². The van der Waals surface area contributed by atoms with Crippen LogP contribution in [0.5, 0.6) is 5.75 Å². The summed E-state index contributed by atoms with van der Waals surface area (Å²) in [7, 11) is 3.94. The van der Waals surface area contributed by atoms with E-state index in [0.717, 1.165) is 25.3 Å². The van der Waals surface area contributed by atoms with E-state index in [0.29, 0.717) is 12.0 Å². The summed E-state index contributed by atoms with van der Waals surface area (Å²) in [6.45, 7) is 1.82. The molecule has 2 aromatic rings. The molecule has 2 aromatic carbocycles. The Morgan fingerprint density at radius 3 is 2.75 bits per heavy atom. The number of likely N-dealkylation sites (tertiary alicyclic amines) is 1. The van der Waals surface area contributed by atoms with Gasteiger partial charge in [-0.05, 0) is 42.8 Å². The summed E-state index contributed by atoms with van der Waals surface area (Å²) in [5.74, 6) is 1.56. The summed E-state index contributed by atoms with van der Waals surface area (Å²) >= 11 is 0. The predicted octanol–water partition coefficient (Wildman–Crippen LogP) is 2.80. The van der Waals surface area contributed by atoms with Gasteiger partial charge in [-0.2, -0.15) is 0 Å². The van der Waals surface area contributed by atoms with Gasteiger partial charge in [-0.25, -0.2) is 0 Å². The summed E-state index contributed by atoms with van der Waals surface area (Å²) < 4.78 is 5.63. The molecule has 2 atom stereocenters. The predicted molar refractivity (Wildman–Crippen MR) is 83.0 cm³/mol. The monoisotopic (exact) mass is 270 g/mol. The third kappa shape index (κ3) is 2.17. The maximum atomic E-state index is 5.86. The molecule has 1 aliphatic heterocycles. The molecule has 1 aliphatic rings. The minimum Gasteiger partial charge on any atom is -0.496 e. The molecule has 0 spiro atoms. The van der Waals surface area contributed by atoms with Crippen LogP contribution < -0.4 is 10.5 Å². The maximum Gasteiger partial charge on any atom is 0.124 e. The molecule has 20 heavy (non-hydrogen) atoms. The highest BCUT2D eigenvalue weighted by Crippen LogP contribution is 2.41. The average molecular weight is 270 g/mol. The highest BCUT2D eigenvalue weighted by atomic mass is 16.5. The van der Waals surface area contributed by atoms with Gasteiger partial charge in [0, 0.05) is 18.2 Å². The van der Waals surface area contributed by atoms with Crippen molar-refractivity contribution in [1.29, 1.82) is 0 Å². The Morgan fingerprint density at radius 2 is 2.05 bits per heavy atom. The number of nitrogens with two attached hydrogens (primary N) is 1. The SMILES string of the molecule is COc1ccc2ccccc2c1C1CC(CN)CN1C. The smallest absolute Gasteiger partial charge is 0.124 e. The van der Waals surface area contributed by atoms with E-state index in [9.17, 15) is 0 Å². The summed E-state index contributed by atoms with van der Waals surface area (Å²) in [6.07, 6.45) is 1.11. The van der Waals surface area contributed by atoms with Gasteiger partial charge >= 0.3 is 0 Å². The normalized spacial score (nSPS) is 23.4. The van der Waals surface area contributed by atoms with Crippen LogP contribution in [0.3, 0.4) is 0 Å². The van der Waals surface area contributed by atoms with E-state index in [1.807, 2.05) is 0 Å². The lowest BCUT2D eigenvalue weighted by atomic mass is 9.94. The Hall–Kier alpha value is -1.58. The van der Waals surface area contributed by atoms with E-state index in [2.05, 4.69) is 48.3 Å². The van der Waals surface area contributed by atoms with Gasteiger partial charge in [0.05, 0.1) is 7.11 Å². The lowest BCUT2D eigenvalue weighted by Gasteiger charge is -2.23. The second kappa shape index (κ2) is 5.43. The van der Waals surface area contributed by atoms with E-state index in [-0.39, 0.29) is 0 Å². The Kier molecular flexibility index (Phi) is 3.64. The van der Waals surface area contributed by atoms with Crippen LogP contribution in [0.2, 0.25) is 0 Å². The van der Waals surface area contributed by atoms with Gasteiger partial charge in [0.15, 0.2) is 0 Å². The number of rotatable bonds is 3. The zero-order valence-electron chi connectivity index (χ0n) is 12.2. The molecule has 1 heterocycles. The third-order valence-corrected chi connectivity index (χ3v) is 4.45. The topological polar surface area (TPSA) is 38.5 Å². The lowest BCUT2D eigenvalue weighted by Crippen LogP contribution is -2.21. The zero-order chi connectivity index (χ0) is 14.1. The van der Waals surface area contributed by atoms with Crippen LogP contribution in [0.25, 0.3) is 10.8 Å². The highest BCUT2D eigenvalue weighted by molar-refractivity contribution is 5.88. The van der Waals surface area contributed by atoms with Gasteiger partial charge in [0.2, 0.25) is 0 Å². The first kappa shape index (κ1) is 13.4. The first-order chi connectivity index (χ1) is 9.74. The second-order valence-electron chi connectivity index (χ2n) is 5.70. The van der Waals surface area contributed by atoms with Crippen molar-refractivity contribution in [1.82, 2.24) is 4.90 Å². The number of hydrogen-bond acceptors (Lipinski definition) is 3. The molecule has 1 fully saturated rings. The van der Waals surface area contributed by atoms with Crippen molar-refractivity contribution >= 4 is 10.8 Å². The Morgan fingerprint density at radius 1 is 1.25 bits per heavy atom. The molecular formula is C17H22N2O. The molecule has 3 rings (SSSR count). The Bertz CT molecular complexity index is 611. The average Bonchev–Trinajstić information content (AvgIpc) is 2.86. The molecule has 0 bridgehead atoms. The molecule has 3 nitrogen and oxygen atoms in total. The quantitative estimate of drug-likeness (QED) is 0.932. The summed E-state index contributed by atoms with van der Waals surface area (Å²) in [5, 5.41) is 2.56. The molecule has 0 radical (unpaired) electrons. The van der Waals surface area contributed by atoms with Crippen molar-refractivity contribution in [3.05, 3.63) is 42.0 Å². The van der Waals surface area contributed by atoms with Gasteiger partial charge in [-0.1, -0.05) is 30.3 Å². The number of nitrogens with zero attached hydrogens (tertiary/aromatic N) is 1. The van der Waals surface area contributed by atoms with Gasteiger partial charge in [0.1, 0.15) is 5.75 Å². The van der Waals surface area contributed by atoms with Gasteiger partial charge in [0.25, 0.3) is 0 Å². The standard InChI is InChI=1S/C17H22N2O/c1-19-11-12(10-18)9-15(19)17-14-6-4-3-5-13(14)7-8-16(17)20-2/h3-8,12,15H,9-11,18H2,1-2H3. The van der Waals surface area contributed by atoms with E-state index >= 15 is 0 Å². The molecule has 3 heteroatoms. The van der Waals surface area contributed by atoms with Crippen LogP contribution >= 0.6 is 0 Å². The molecule has 0 amide bonds. The summed E-state index contributed by atoms with van der Waals surface area (Å²) in [4.78, 5) is 2.40. The lowest BCUT2D eigenvalue weighted by molar-refractivity contribution is 0.305. The minimum absolute atomic E-state index is 0.393. The van der Waals surface area contributed by atoms with Crippen molar-refractivity contribution in [3.8, 4) is 5.75 Å². The first-order valence-corrected chi connectivity index (χ1v) is 7.20. The van der Waals surface area contributed by atoms with Crippen LogP contribution in [0, 0.1) is 5.92 Å². The van der Waals surface area contributed by atoms with Crippen LogP contribution in [0.15, 0.2) is 36.4 Å². The van der Waals surface area contributed by atoms with Gasteiger partial charge in [-0.3, -0.25) is 4.90 Å². The Balaban J connectivity index is 2.14. The largest absolute Gasteiger partial charge is 0.496 e. The molecular weight excluding hydrogens is 248 g/mol. The molecule has 2 N–H and O–H groups in total. The molecule has 0 saturated carbocycles. The van der Waals surface area contributed by atoms with E-state index in [4.69, 9.17) is 10.5 Å². The number of fused-ring (bicyclic) bond motifs is 1. The molecule has 106 valence electrons. The number of benzene rings is 2. The second-order valence-corrected chi connectivity index (χ2v) is 5.70. The van der Waals surface area contributed by atoms with Crippen molar-refractivity contribution < 1.29 is 4.74 Å². The molecule has 1 saturated heterocycles. The van der Waals surface area contributed by atoms with Crippen LogP contribution in [0.1, 0.15) is 18.0 Å².